The standard InChI is InChI=1S/C30H33ClN6O3/c1-16-8-26(32)35-17(2)23(16)15-34-28(38)20-12-22(36-25(13-20)27(30(3,4)5)37-29(39)40)10-18-6-7-24-19(9-18)11-21(31)14-33-24/h6-9,11-14,27,37H,10,15H2,1-5H3,(H2,32,35)(H,34,38)(H,39,40). The molecule has 4 aromatic rings. The molecule has 0 bridgehead atoms. The highest BCUT2D eigenvalue weighted by molar-refractivity contribution is 6.31. The number of hydrogen-bond donors (Lipinski definition) is 4. The van der Waals surface area contributed by atoms with Gasteiger partial charge < -0.3 is 21.5 Å². The first kappa shape index (κ1) is 28.8. The fraction of sp³-hybridized carbons (Fsp3) is 0.300. The number of carbonyl (C=O) groups excluding carboxylic acids is 1. The van der Waals surface area contributed by atoms with Crippen LogP contribution in [0.15, 0.2) is 48.7 Å². The van der Waals surface area contributed by atoms with E-state index in [-0.39, 0.29) is 12.5 Å². The van der Waals surface area contributed by atoms with Gasteiger partial charge in [0.1, 0.15) is 5.82 Å². The lowest BCUT2D eigenvalue weighted by atomic mass is 9.84. The highest BCUT2D eigenvalue weighted by atomic mass is 35.5. The fourth-order valence-electron chi connectivity index (χ4n) is 4.74. The monoisotopic (exact) mass is 560 g/mol. The minimum Gasteiger partial charge on any atom is -0.465 e. The molecule has 5 N–H and O–H groups in total. The Balaban J connectivity index is 1.71. The summed E-state index contributed by atoms with van der Waals surface area (Å²) in [6, 6.07) is 12.2. The molecular formula is C30H33ClN6O3. The molecule has 2 amide bonds. The highest BCUT2D eigenvalue weighted by Gasteiger charge is 2.30. The van der Waals surface area contributed by atoms with E-state index in [1.807, 2.05) is 58.9 Å². The van der Waals surface area contributed by atoms with E-state index >= 15 is 0 Å². The molecule has 0 aliphatic rings. The van der Waals surface area contributed by atoms with Crippen molar-refractivity contribution < 1.29 is 14.7 Å². The Hall–Kier alpha value is -4.24. The zero-order valence-corrected chi connectivity index (χ0v) is 23.9. The maximum atomic E-state index is 13.4. The van der Waals surface area contributed by atoms with Crippen LogP contribution in [-0.2, 0) is 13.0 Å². The number of pyridine rings is 3. The molecule has 1 unspecified atom stereocenters. The van der Waals surface area contributed by atoms with Gasteiger partial charge in [0.15, 0.2) is 0 Å². The molecule has 0 aliphatic heterocycles. The van der Waals surface area contributed by atoms with Crippen LogP contribution in [-0.4, -0.2) is 32.1 Å². The van der Waals surface area contributed by atoms with E-state index in [4.69, 9.17) is 22.3 Å². The van der Waals surface area contributed by atoms with Crippen LogP contribution in [0, 0.1) is 19.3 Å². The minimum absolute atomic E-state index is 0.269. The number of carbonyl (C=O) groups is 2. The Kier molecular flexibility index (Phi) is 8.25. The van der Waals surface area contributed by atoms with E-state index in [1.165, 1.54) is 0 Å². The third-order valence-electron chi connectivity index (χ3n) is 6.69. The van der Waals surface area contributed by atoms with E-state index in [0.717, 1.165) is 33.3 Å². The second-order valence-corrected chi connectivity index (χ2v) is 11.4. The maximum absolute atomic E-state index is 13.4. The van der Waals surface area contributed by atoms with Crippen molar-refractivity contribution in [3.8, 4) is 0 Å². The van der Waals surface area contributed by atoms with Crippen molar-refractivity contribution in [3.63, 3.8) is 0 Å². The molecule has 3 heterocycles. The predicted octanol–water partition coefficient (Wildman–Crippen LogP) is 5.75. The Morgan fingerprint density at radius 3 is 2.50 bits per heavy atom. The molecule has 9 nitrogen and oxygen atoms in total. The van der Waals surface area contributed by atoms with Crippen molar-refractivity contribution >= 4 is 40.3 Å². The summed E-state index contributed by atoms with van der Waals surface area (Å²) in [7, 11) is 0. The molecule has 3 aromatic heterocycles. The van der Waals surface area contributed by atoms with Gasteiger partial charge in [-0.25, -0.2) is 9.78 Å². The summed E-state index contributed by atoms with van der Waals surface area (Å²) >= 11 is 6.14. The van der Waals surface area contributed by atoms with E-state index in [9.17, 15) is 14.7 Å². The van der Waals surface area contributed by atoms with Crippen LogP contribution in [0.2, 0.25) is 5.02 Å². The van der Waals surface area contributed by atoms with Gasteiger partial charge >= 0.3 is 6.09 Å². The third-order valence-corrected chi connectivity index (χ3v) is 6.89. The highest BCUT2D eigenvalue weighted by Crippen LogP contribution is 2.33. The lowest BCUT2D eigenvalue weighted by Crippen LogP contribution is -2.36. The lowest BCUT2D eigenvalue weighted by Gasteiger charge is -2.30. The van der Waals surface area contributed by atoms with Gasteiger partial charge in [-0.15, -0.1) is 0 Å². The summed E-state index contributed by atoms with van der Waals surface area (Å²) in [5.74, 6) is 0.123. The van der Waals surface area contributed by atoms with Crippen LogP contribution in [0.25, 0.3) is 10.9 Å². The Bertz CT molecular complexity index is 1580. The van der Waals surface area contributed by atoms with E-state index in [0.29, 0.717) is 34.2 Å². The number of carboxylic acid groups (broad SMARTS) is 1. The summed E-state index contributed by atoms with van der Waals surface area (Å²) in [5.41, 5.74) is 11.1. The van der Waals surface area contributed by atoms with Gasteiger partial charge in [-0.05, 0) is 72.4 Å². The molecule has 1 atom stereocenters. The van der Waals surface area contributed by atoms with Crippen LogP contribution in [0.5, 0.6) is 0 Å². The van der Waals surface area contributed by atoms with Crippen molar-refractivity contribution in [1.82, 2.24) is 25.6 Å². The number of anilines is 1. The molecule has 0 spiro atoms. The third kappa shape index (κ3) is 6.84. The molecular weight excluding hydrogens is 528 g/mol. The summed E-state index contributed by atoms with van der Waals surface area (Å²) in [5, 5.41) is 16.5. The average Bonchev–Trinajstić information content (AvgIpc) is 2.85. The molecule has 0 radical (unpaired) electrons. The van der Waals surface area contributed by atoms with Crippen molar-refractivity contribution in [2.45, 2.75) is 53.6 Å². The van der Waals surface area contributed by atoms with Crippen molar-refractivity contribution in [2.24, 2.45) is 5.41 Å². The molecule has 0 aliphatic carbocycles. The van der Waals surface area contributed by atoms with Crippen molar-refractivity contribution in [2.75, 3.05) is 5.73 Å². The van der Waals surface area contributed by atoms with Crippen LogP contribution in [0.4, 0.5) is 10.6 Å². The molecule has 0 fully saturated rings. The topological polar surface area (TPSA) is 143 Å². The summed E-state index contributed by atoms with van der Waals surface area (Å²) in [6.45, 7) is 9.80. The number of nitrogen functional groups attached to an aromatic ring is 1. The van der Waals surface area contributed by atoms with Crippen LogP contribution >= 0.6 is 11.6 Å². The summed E-state index contributed by atoms with van der Waals surface area (Å²) in [4.78, 5) is 38.6. The Morgan fingerprint density at radius 2 is 1.82 bits per heavy atom. The van der Waals surface area contributed by atoms with Crippen LogP contribution < -0.4 is 16.4 Å². The number of amides is 2. The number of nitrogens with two attached hydrogens (primary N) is 1. The Labute approximate surface area is 238 Å². The molecule has 0 saturated carbocycles. The average molecular weight is 561 g/mol. The number of benzene rings is 1. The normalized spacial score (nSPS) is 12.2. The second-order valence-electron chi connectivity index (χ2n) is 11.0. The summed E-state index contributed by atoms with van der Waals surface area (Å²) in [6.07, 6.45) is 0.852. The number of halogens is 1. The molecule has 0 saturated heterocycles. The molecule has 208 valence electrons. The quantitative estimate of drug-likeness (QED) is 0.225. The van der Waals surface area contributed by atoms with Crippen LogP contribution in [0.1, 0.15) is 70.9 Å². The van der Waals surface area contributed by atoms with Gasteiger partial charge in [0.2, 0.25) is 0 Å². The number of aryl methyl sites for hydroxylation is 2. The second kappa shape index (κ2) is 11.5. The first-order chi connectivity index (χ1) is 18.8. The van der Waals surface area contributed by atoms with Gasteiger partial charge in [0.05, 0.1) is 22.3 Å². The molecule has 40 heavy (non-hydrogen) atoms. The number of hydrogen-bond acceptors (Lipinski definition) is 6. The van der Waals surface area contributed by atoms with Gasteiger partial charge in [-0.3, -0.25) is 14.8 Å². The number of nitrogens with one attached hydrogen (secondary N) is 2. The lowest BCUT2D eigenvalue weighted by molar-refractivity contribution is 0.0950. The molecule has 10 heteroatoms. The number of nitrogens with zero attached hydrogens (tertiary/aromatic N) is 3. The number of fused-ring (bicyclic) bond motifs is 1. The smallest absolute Gasteiger partial charge is 0.405 e. The summed E-state index contributed by atoms with van der Waals surface area (Å²) < 4.78 is 0. The zero-order chi connectivity index (χ0) is 29.2. The largest absolute Gasteiger partial charge is 0.465 e. The van der Waals surface area contributed by atoms with Crippen molar-refractivity contribution in [3.05, 3.63) is 93.0 Å². The first-order valence-corrected chi connectivity index (χ1v) is 13.2. The van der Waals surface area contributed by atoms with Gasteiger partial charge in [0, 0.05) is 41.5 Å². The van der Waals surface area contributed by atoms with Gasteiger partial charge in [0.25, 0.3) is 5.91 Å². The van der Waals surface area contributed by atoms with E-state index in [2.05, 4.69) is 20.6 Å². The van der Waals surface area contributed by atoms with Crippen LogP contribution in [0.3, 0.4) is 0 Å². The van der Waals surface area contributed by atoms with E-state index in [1.54, 1.807) is 24.4 Å². The molecule has 4 rings (SSSR count). The van der Waals surface area contributed by atoms with E-state index < -0.39 is 17.6 Å². The molecule has 1 aromatic carbocycles. The SMILES string of the molecule is Cc1cc(N)nc(C)c1CNC(=O)c1cc(Cc2ccc3ncc(Cl)cc3c2)nc(C(NC(=O)O)C(C)(C)C)c1. The van der Waals surface area contributed by atoms with Gasteiger partial charge in [-0.1, -0.05) is 38.4 Å². The fourth-order valence-corrected chi connectivity index (χ4v) is 4.90. The van der Waals surface area contributed by atoms with Gasteiger partial charge in [-0.2, -0.15) is 0 Å². The minimum atomic E-state index is -1.17. The Morgan fingerprint density at radius 1 is 1.07 bits per heavy atom. The number of aromatic nitrogens is 3. The predicted molar refractivity (Wildman–Crippen MR) is 156 cm³/mol. The number of rotatable bonds is 7. The van der Waals surface area contributed by atoms with Crippen molar-refractivity contribution in [1.29, 1.82) is 0 Å². The first-order valence-electron chi connectivity index (χ1n) is 12.9. The zero-order valence-electron chi connectivity index (χ0n) is 23.2. The maximum Gasteiger partial charge on any atom is 0.405 e.